The Morgan fingerprint density at radius 1 is 0.500 bits per heavy atom. The smallest absolute Gasteiger partial charge is 0.0162 e. The molecular weight excluding hydrogens is 288 g/mol. The van der Waals surface area contributed by atoms with Gasteiger partial charge in [-0.15, -0.1) is 0 Å². The van der Waals surface area contributed by atoms with Crippen LogP contribution in [0.1, 0.15) is 43.6 Å². The van der Waals surface area contributed by atoms with E-state index in [1.165, 1.54) is 59.9 Å². The molecule has 0 atom stereocenters. The van der Waals surface area contributed by atoms with Crippen LogP contribution >= 0.6 is 0 Å². The summed E-state index contributed by atoms with van der Waals surface area (Å²) in [6.07, 6.45) is 6.83. The van der Waals surface area contributed by atoms with E-state index in [0.717, 1.165) is 5.92 Å². The Kier molecular flexibility index (Phi) is 4.46. The van der Waals surface area contributed by atoms with E-state index in [2.05, 4.69) is 78.9 Å². The molecule has 1 saturated carbocycles. The monoisotopic (exact) mass is 312 g/mol. The van der Waals surface area contributed by atoms with E-state index in [1.54, 1.807) is 0 Å². The molecule has 0 heteroatoms. The molecule has 0 N–H and O–H groups in total. The number of hydrogen-bond acceptors (Lipinski definition) is 0. The Balaban J connectivity index is 1.81. The highest BCUT2D eigenvalue weighted by Gasteiger charge is 2.17. The van der Waals surface area contributed by atoms with Crippen molar-refractivity contribution in [3.05, 3.63) is 84.4 Å². The molecular formula is C24H24. The Morgan fingerprint density at radius 3 is 1.50 bits per heavy atom. The topological polar surface area (TPSA) is 0 Å². The molecule has 0 spiro atoms. The van der Waals surface area contributed by atoms with Crippen LogP contribution in [0.2, 0.25) is 0 Å². The van der Waals surface area contributed by atoms with Crippen LogP contribution in [0.4, 0.5) is 0 Å². The quantitative estimate of drug-likeness (QED) is 0.485. The predicted molar refractivity (Wildman–Crippen MR) is 103 cm³/mol. The molecule has 0 aliphatic heterocycles. The van der Waals surface area contributed by atoms with Gasteiger partial charge in [-0.25, -0.2) is 0 Å². The maximum absolute atomic E-state index is 2.43. The fourth-order valence-electron chi connectivity index (χ4n) is 3.92. The summed E-state index contributed by atoms with van der Waals surface area (Å²) in [6.45, 7) is 0. The van der Waals surface area contributed by atoms with Gasteiger partial charge in [-0.3, -0.25) is 0 Å². The number of benzene rings is 3. The third kappa shape index (κ3) is 3.28. The van der Waals surface area contributed by atoms with Gasteiger partial charge in [0.05, 0.1) is 0 Å². The van der Waals surface area contributed by atoms with Crippen molar-refractivity contribution in [2.45, 2.75) is 38.0 Å². The van der Waals surface area contributed by atoms with Crippen molar-refractivity contribution >= 4 is 0 Å². The van der Waals surface area contributed by atoms with Crippen LogP contribution in [0.15, 0.2) is 78.9 Å². The lowest BCUT2D eigenvalue weighted by Gasteiger charge is -2.23. The predicted octanol–water partition coefficient (Wildman–Crippen LogP) is 7.07. The Labute approximate surface area is 145 Å². The van der Waals surface area contributed by atoms with Gasteiger partial charge in [0.15, 0.2) is 0 Å². The number of rotatable bonds is 3. The first-order valence-electron chi connectivity index (χ1n) is 9.16. The van der Waals surface area contributed by atoms with Gasteiger partial charge in [-0.05, 0) is 52.6 Å². The molecule has 120 valence electrons. The largest absolute Gasteiger partial charge is 0.0622 e. The van der Waals surface area contributed by atoms with Gasteiger partial charge in [-0.1, -0.05) is 92.1 Å². The molecule has 0 heterocycles. The van der Waals surface area contributed by atoms with Crippen LogP contribution in [0.5, 0.6) is 0 Å². The van der Waals surface area contributed by atoms with E-state index in [0.29, 0.717) is 0 Å². The third-order valence-corrected chi connectivity index (χ3v) is 5.25. The van der Waals surface area contributed by atoms with Crippen LogP contribution in [0.3, 0.4) is 0 Å². The van der Waals surface area contributed by atoms with E-state index < -0.39 is 0 Å². The molecule has 0 amide bonds. The second-order valence-electron chi connectivity index (χ2n) is 6.91. The SMILES string of the molecule is c1ccc(-c2cc(-c3ccccc3)cc(C3CCCCC3)c2)cc1. The van der Waals surface area contributed by atoms with Crippen molar-refractivity contribution in [3.8, 4) is 22.3 Å². The van der Waals surface area contributed by atoms with E-state index in [-0.39, 0.29) is 0 Å². The highest BCUT2D eigenvalue weighted by Crippen LogP contribution is 2.37. The highest BCUT2D eigenvalue weighted by atomic mass is 14.2. The van der Waals surface area contributed by atoms with E-state index >= 15 is 0 Å². The fourth-order valence-corrected chi connectivity index (χ4v) is 3.92. The van der Waals surface area contributed by atoms with Gasteiger partial charge in [0.2, 0.25) is 0 Å². The second-order valence-corrected chi connectivity index (χ2v) is 6.91. The van der Waals surface area contributed by atoms with E-state index in [1.807, 2.05) is 0 Å². The van der Waals surface area contributed by atoms with Gasteiger partial charge in [0.25, 0.3) is 0 Å². The zero-order valence-corrected chi connectivity index (χ0v) is 14.1. The second kappa shape index (κ2) is 7.05. The lowest BCUT2D eigenvalue weighted by Crippen LogP contribution is -2.05. The number of hydrogen-bond donors (Lipinski definition) is 0. The van der Waals surface area contributed by atoms with E-state index in [4.69, 9.17) is 0 Å². The standard InChI is InChI=1S/C24H24/c1-4-10-19(11-5-1)22-16-23(20-12-6-2-7-13-20)18-24(17-22)21-14-8-3-9-15-21/h1-2,4-7,10-13,16-18,21H,3,8-9,14-15H2. The first-order valence-corrected chi connectivity index (χ1v) is 9.16. The molecule has 3 aromatic rings. The lowest BCUT2D eigenvalue weighted by atomic mass is 9.82. The first kappa shape index (κ1) is 15.2. The van der Waals surface area contributed by atoms with Gasteiger partial charge in [0.1, 0.15) is 0 Å². The van der Waals surface area contributed by atoms with Crippen LogP contribution in [-0.2, 0) is 0 Å². The average Bonchev–Trinajstić information content (AvgIpc) is 2.70. The van der Waals surface area contributed by atoms with Crippen LogP contribution in [-0.4, -0.2) is 0 Å². The highest BCUT2D eigenvalue weighted by molar-refractivity contribution is 5.74. The maximum atomic E-state index is 2.43. The van der Waals surface area contributed by atoms with Gasteiger partial charge in [-0.2, -0.15) is 0 Å². The molecule has 4 rings (SSSR count). The fraction of sp³-hybridized carbons (Fsp3) is 0.250. The molecule has 0 bridgehead atoms. The summed E-state index contributed by atoms with van der Waals surface area (Å²) < 4.78 is 0. The minimum absolute atomic E-state index is 0.727. The summed E-state index contributed by atoms with van der Waals surface area (Å²) in [5, 5.41) is 0. The molecule has 1 aliphatic rings. The molecule has 0 radical (unpaired) electrons. The molecule has 1 aliphatic carbocycles. The van der Waals surface area contributed by atoms with Crippen LogP contribution in [0.25, 0.3) is 22.3 Å². The molecule has 0 unspecified atom stereocenters. The van der Waals surface area contributed by atoms with Crippen molar-refractivity contribution in [2.75, 3.05) is 0 Å². The maximum Gasteiger partial charge on any atom is -0.0162 e. The molecule has 24 heavy (non-hydrogen) atoms. The molecule has 3 aromatic carbocycles. The van der Waals surface area contributed by atoms with Crippen molar-refractivity contribution < 1.29 is 0 Å². The Hall–Kier alpha value is -2.34. The minimum Gasteiger partial charge on any atom is -0.0622 e. The molecule has 0 saturated heterocycles. The summed E-state index contributed by atoms with van der Waals surface area (Å²) in [5.74, 6) is 0.727. The lowest BCUT2D eigenvalue weighted by molar-refractivity contribution is 0.444. The summed E-state index contributed by atoms with van der Waals surface area (Å²) >= 11 is 0. The van der Waals surface area contributed by atoms with Crippen molar-refractivity contribution in [1.82, 2.24) is 0 Å². The normalized spacial score (nSPS) is 15.3. The molecule has 0 nitrogen and oxygen atoms in total. The third-order valence-electron chi connectivity index (χ3n) is 5.25. The first-order chi connectivity index (χ1) is 11.9. The minimum atomic E-state index is 0.727. The van der Waals surface area contributed by atoms with Gasteiger partial charge < -0.3 is 0 Å². The zero-order valence-electron chi connectivity index (χ0n) is 14.1. The Bertz CT molecular complexity index is 723. The van der Waals surface area contributed by atoms with Crippen LogP contribution in [0, 0.1) is 0 Å². The van der Waals surface area contributed by atoms with E-state index in [9.17, 15) is 0 Å². The van der Waals surface area contributed by atoms with Crippen LogP contribution < -0.4 is 0 Å². The summed E-state index contributed by atoms with van der Waals surface area (Å²) in [6, 6.07) is 28.8. The summed E-state index contributed by atoms with van der Waals surface area (Å²) in [4.78, 5) is 0. The molecule has 1 fully saturated rings. The zero-order chi connectivity index (χ0) is 16.2. The Morgan fingerprint density at radius 2 is 1.00 bits per heavy atom. The summed E-state index contributed by atoms with van der Waals surface area (Å²) in [5.41, 5.74) is 6.84. The molecule has 0 aromatic heterocycles. The van der Waals surface area contributed by atoms with Gasteiger partial charge in [0, 0.05) is 0 Å². The van der Waals surface area contributed by atoms with Crippen molar-refractivity contribution in [2.24, 2.45) is 0 Å². The summed E-state index contributed by atoms with van der Waals surface area (Å²) in [7, 11) is 0. The van der Waals surface area contributed by atoms with Gasteiger partial charge >= 0.3 is 0 Å². The average molecular weight is 312 g/mol. The van der Waals surface area contributed by atoms with Crippen molar-refractivity contribution in [3.63, 3.8) is 0 Å². The van der Waals surface area contributed by atoms with Crippen molar-refractivity contribution in [1.29, 1.82) is 0 Å².